The standard InChI is InChI=1S/C14H17N3OS/c1-11-10-19-14(16-12-4-2-6-15-8-12)17(11)9-13-5-3-7-18-13/h2,4,6,8,10,13H,3,5,7,9H2,1H3. The molecule has 2 aromatic rings. The summed E-state index contributed by atoms with van der Waals surface area (Å²) in [4.78, 5) is 9.78. The molecule has 4 nitrogen and oxygen atoms in total. The number of ether oxygens (including phenoxy) is 1. The third-order valence-corrected chi connectivity index (χ3v) is 4.25. The van der Waals surface area contributed by atoms with Gasteiger partial charge in [0.1, 0.15) is 0 Å². The van der Waals surface area contributed by atoms with Gasteiger partial charge in [-0.05, 0) is 31.9 Å². The molecule has 0 bridgehead atoms. The minimum Gasteiger partial charge on any atom is -0.376 e. The maximum atomic E-state index is 5.72. The third-order valence-electron chi connectivity index (χ3n) is 3.27. The molecule has 5 heteroatoms. The maximum absolute atomic E-state index is 5.72. The highest BCUT2D eigenvalue weighted by Crippen LogP contribution is 2.15. The van der Waals surface area contributed by atoms with Crippen molar-refractivity contribution >= 4 is 17.0 Å². The predicted molar refractivity (Wildman–Crippen MR) is 75.5 cm³/mol. The Morgan fingerprint density at radius 1 is 1.58 bits per heavy atom. The molecule has 0 saturated carbocycles. The maximum Gasteiger partial charge on any atom is 0.190 e. The van der Waals surface area contributed by atoms with Gasteiger partial charge >= 0.3 is 0 Å². The van der Waals surface area contributed by atoms with Crippen molar-refractivity contribution in [1.82, 2.24) is 9.55 Å². The van der Waals surface area contributed by atoms with Crippen LogP contribution in [0.4, 0.5) is 5.69 Å². The van der Waals surface area contributed by atoms with E-state index in [1.165, 1.54) is 12.1 Å². The van der Waals surface area contributed by atoms with E-state index in [2.05, 4.69) is 26.8 Å². The molecule has 19 heavy (non-hydrogen) atoms. The predicted octanol–water partition coefficient (Wildman–Crippen LogP) is 2.66. The highest BCUT2D eigenvalue weighted by Gasteiger charge is 2.17. The third kappa shape index (κ3) is 2.93. The molecule has 0 amide bonds. The fourth-order valence-electron chi connectivity index (χ4n) is 2.25. The number of hydrogen-bond acceptors (Lipinski definition) is 4. The van der Waals surface area contributed by atoms with E-state index in [1.54, 1.807) is 23.7 Å². The second-order valence-electron chi connectivity index (χ2n) is 4.73. The quantitative estimate of drug-likeness (QED) is 0.864. The summed E-state index contributed by atoms with van der Waals surface area (Å²) in [5, 5.41) is 2.14. The van der Waals surface area contributed by atoms with Crippen LogP contribution in [0.5, 0.6) is 0 Å². The first-order valence-electron chi connectivity index (χ1n) is 6.54. The second-order valence-corrected chi connectivity index (χ2v) is 5.56. The van der Waals surface area contributed by atoms with E-state index in [1.807, 2.05) is 12.1 Å². The van der Waals surface area contributed by atoms with Crippen molar-refractivity contribution < 1.29 is 4.74 Å². The fraction of sp³-hybridized carbons (Fsp3) is 0.429. The summed E-state index contributed by atoms with van der Waals surface area (Å²) in [6, 6.07) is 3.88. The number of thiazole rings is 1. The van der Waals surface area contributed by atoms with Crippen molar-refractivity contribution in [3.8, 4) is 0 Å². The highest BCUT2D eigenvalue weighted by atomic mass is 32.1. The molecule has 1 saturated heterocycles. The van der Waals surface area contributed by atoms with Crippen LogP contribution >= 0.6 is 11.3 Å². The van der Waals surface area contributed by atoms with Gasteiger partial charge in [0.05, 0.1) is 24.5 Å². The van der Waals surface area contributed by atoms with Crippen LogP contribution in [0.1, 0.15) is 18.5 Å². The smallest absolute Gasteiger partial charge is 0.190 e. The molecule has 0 radical (unpaired) electrons. The van der Waals surface area contributed by atoms with E-state index < -0.39 is 0 Å². The van der Waals surface area contributed by atoms with Crippen LogP contribution in [-0.2, 0) is 11.3 Å². The molecule has 3 rings (SSSR count). The van der Waals surface area contributed by atoms with Gasteiger partial charge in [-0.1, -0.05) is 0 Å². The van der Waals surface area contributed by atoms with Gasteiger partial charge in [0.2, 0.25) is 0 Å². The fourth-order valence-corrected chi connectivity index (χ4v) is 3.15. The number of pyridine rings is 1. The lowest BCUT2D eigenvalue weighted by atomic mass is 10.2. The molecule has 3 heterocycles. The Balaban J connectivity index is 1.91. The summed E-state index contributed by atoms with van der Waals surface area (Å²) in [6.07, 6.45) is 6.20. The van der Waals surface area contributed by atoms with Crippen LogP contribution in [-0.4, -0.2) is 22.3 Å². The zero-order chi connectivity index (χ0) is 13.1. The number of aromatic nitrogens is 2. The van der Waals surface area contributed by atoms with Crippen LogP contribution < -0.4 is 4.80 Å². The van der Waals surface area contributed by atoms with Crippen molar-refractivity contribution in [2.24, 2.45) is 4.99 Å². The Morgan fingerprint density at radius 3 is 3.26 bits per heavy atom. The lowest BCUT2D eigenvalue weighted by Crippen LogP contribution is -2.24. The number of hydrogen-bond donors (Lipinski definition) is 0. The van der Waals surface area contributed by atoms with Gasteiger partial charge in [0, 0.05) is 23.9 Å². The minimum atomic E-state index is 0.334. The normalized spacial score (nSPS) is 20.1. The molecular weight excluding hydrogens is 258 g/mol. The SMILES string of the molecule is Cc1csc(=Nc2cccnc2)n1CC1CCCO1. The Hall–Kier alpha value is -1.46. The summed E-state index contributed by atoms with van der Waals surface area (Å²) in [5.74, 6) is 0. The van der Waals surface area contributed by atoms with Crippen LogP contribution in [0.2, 0.25) is 0 Å². The monoisotopic (exact) mass is 275 g/mol. The minimum absolute atomic E-state index is 0.334. The molecule has 1 aliphatic rings. The van der Waals surface area contributed by atoms with Crippen molar-refractivity contribution in [3.63, 3.8) is 0 Å². The molecule has 0 aromatic carbocycles. The molecule has 0 spiro atoms. The Kier molecular flexibility index (Phi) is 3.75. The molecule has 1 unspecified atom stereocenters. The first-order valence-corrected chi connectivity index (χ1v) is 7.42. The number of nitrogens with zero attached hydrogens (tertiary/aromatic N) is 3. The zero-order valence-electron chi connectivity index (χ0n) is 11.0. The van der Waals surface area contributed by atoms with Crippen LogP contribution in [0.25, 0.3) is 0 Å². The van der Waals surface area contributed by atoms with E-state index in [-0.39, 0.29) is 0 Å². The topological polar surface area (TPSA) is 39.4 Å². The Bertz CT molecular complexity index is 597. The molecule has 1 atom stereocenters. The van der Waals surface area contributed by atoms with E-state index in [0.717, 1.165) is 30.1 Å². The van der Waals surface area contributed by atoms with E-state index in [4.69, 9.17) is 4.74 Å². The first kappa shape index (κ1) is 12.6. The zero-order valence-corrected chi connectivity index (χ0v) is 11.8. The van der Waals surface area contributed by atoms with E-state index in [9.17, 15) is 0 Å². The molecule has 2 aromatic heterocycles. The lowest BCUT2D eigenvalue weighted by Gasteiger charge is -2.11. The average Bonchev–Trinajstić information content (AvgIpc) is 3.05. The van der Waals surface area contributed by atoms with Gasteiger partial charge in [-0.25, -0.2) is 4.99 Å². The Morgan fingerprint density at radius 2 is 2.53 bits per heavy atom. The second kappa shape index (κ2) is 5.67. The Labute approximate surface area is 116 Å². The molecule has 100 valence electrons. The van der Waals surface area contributed by atoms with Crippen LogP contribution in [0, 0.1) is 6.92 Å². The largest absolute Gasteiger partial charge is 0.376 e. The number of rotatable bonds is 3. The molecule has 1 fully saturated rings. The van der Waals surface area contributed by atoms with Crippen molar-refractivity contribution in [3.05, 3.63) is 40.4 Å². The molecular formula is C14H17N3OS. The highest BCUT2D eigenvalue weighted by molar-refractivity contribution is 7.07. The first-order chi connectivity index (χ1) is 9.33. The summed E-state index contributed by atoms with van der Waals surface area (Å²) in [5.41, 5.74) is 2.13. The summed E-state index contributed by atoms with van der Waals surface area (Å²) < 4.78 is 7.96. The van der Waals surface area contributed by atoms with Gasteiger partial charge in [-0.3, -0.25) is 4.98 Å². The summed E-state index contributed by atoms with van der Waals surface area (Å²) >= 11 is 1.67. The summed E-state index contributed by atoms with van der Waals surface area (Å²) in [7, 11) is 0. The van der Waals surface area contributed by atoms with Gasteiger partial charge in [-0.2, -0.15) is 0 Å². The van der Waals surface area contributed by atoms with Crippen LogP contribution in [0.3, 0.4) is 0 Å². The lowest BCUT2D eigenvalue weighted by molar-refractivity contribution is 0.0959. The number of aryl methyl sites for hydroxylation is 1. The summed E-state index contributed by atoms with van der Waals surface area (Å²) in [6.45, 7) is 3.91. The van der Waals surface area contributed by atoms with Crippen LogP contribution in [0.15, 0.2) is 34.9 Å². The molecule has 1 aliphatic heterocycles. The average molecular weight is 275 g/mol. The van der Waals surface area contributed by atoms with Crippen molar-refractivity contribution in [1.29, 1.82) is 0 Å². The van der Waals surface area contributed by atoms with Gasteiger partial charge in [-0.15, -0.1) is 11.3 Å². The van der Waals surface area contributed by atoms with Gasteiger partial charge < -0.3 is 9.30 Å². The van der Waals surface area contributed by atoms with Gasteiger partial charge in [0.15, 0.2) is 4.80 Å². The van der Waals surface area contributed by atoms with Crippen molar-refractivity contribution in [2.45, 2.75) is 32.4 Å². The van der Waals surface area contributed by atoms with E-state index >= 15 is 0 Å². The molecule has 0 N–H and O–H groups in total. The van der Waals surface area contributed by atoms with Crippen molar-refractivity contribution in [2.75, 3.05) is 6.61 Å². The molecule has 0 aliphatic carbocycles. The van der Waals surface area contributed by atoms with E-state index in [0.29, 0.717) is 6.10 Å². The van der Waals surface area contributed by atoms with Gasteiger partial charge in [0.25, 0.3) is 0 Å².